The molecule has 1 aromatic carbocycles. The van der Waals surface area contributed by atoms with Gasteiger partial charge in [-0.05, 0) is 37.5 Å². The molecule has 2 nitrogen and oxygen atoms in total. The van der Waals surface area contributed by atoms with Gasteiger partial charge in [0.1, 0.15) is 16.6 Å². The highest BCUT2D eigenvalue weighted by Gasteiger charge is 2.27. The van der Waals surface area contributed by atoms with Crippen LogP contribution in [0.3, 0.4) is 0 Å². The van der Waals surface area contributed by atoms with E-state index in [2.05, 4.69) is 4.98 Å². The summed E-state index contributed by atoms with van der Waals surface area (Å²) in [6.45, 7) is 5.53. The summed E-state index contributed by atoms with van der Waals surface area (Å²) in [7, 11) is 0. The second-order valence-corrected chi connectivity index (χ2v) is 5.84. The van der Waals surface area contributed by atoms with Gasteiger partial charge in [0, 0.05) is 10.9 Å². The van der Waals surface area contributed by atoms with E-state index in [0.29, 0.717) is 5.69 Å². The molecule has 0 fully saturated rings. The van der Waals surface area contributed by atoms with Gasteiger partial charge in [-0.2, -0.15) is 0 Å². The zero-order valence-electron chi connectivity index (χ0n) is 11.8. The van der Waals surface area contributed by atoms with Gasteiger partial charge in [0.15, 0.2) is 0 Å². The first kappa shape index (κ1) is 15.1. The Labute approximate surface area is 121 Å². The standard InChI is InChI=1S/C15H18F2N2S/c1-4-15(18,5-2)14-19-13(8-20-14)10-7-11(16)9(3)6-12(10)17/h6-8H,4-5,18H2,1-3H3. The molecule has 2 N–H and O–H groups in total. The van der Waals surface area contributed by atoms with Crippen LogP contribution in [0.1, 0.15) is 37.3 Å². The lowest BCUT2D eigenvalue weighted by molar-refractivity contribution is 0.411. The molecule has 0 aliphatic carbocycles. The molecular formula is C15H18F2N2S. The van der Waals surface area contributed by atoms with Gasteiger partial charge >= 0.3 is 0 Å². The van der Waals surface area contributed by atoms with Crippen molar-refractivity contribution < 1.29 is 8.78 Å². The number of hydrogen-bond acceptors (Lipinski definition) is 3. The van der Waals surface area contributed by atoms with Crippen molar-refractivity contribution in [2.75, 3.05) is 0 Å². The van der Waals surface area contributed by atoms with E-state index >= 15 is 0 Å². The monoisotopic (exact) mass is 296 g/mol. The summed E-state index contributed by atoms with van der Waals surface area (Å²) in [5, 5.41) is 2.49. The van der Waals surface area contributed by atoms with Crippen LogP contribution in [0.4, 0.5) is 8.78 Å². The predicted octanol–water partition coefficient (Wildman–Crippen LogP) is 4.37. The number of aromatic nitrogens is 1. The fourth-order valence-corrected chi connectivity index (χ4v) is 3.10. The molecule has 0 saturated heterocycles. The van der Waals surface area contributed by atoms with E-state index in [0.717, 1.165) is 17.8 Å². The van der Waals surface area contributed by atoms with Crippen molar-refractivity contribution >= 4 is 11.3 Å². The number of benzene rings is 1. The second-order valence-electron chi connectivity index (χ2n) is 4.98. The topological polar surface area (TPSA) is 38.9 Å². The maximum absolute atomic E-state index is 14.0. The third-order valence-electron chi connectivity index (χ3n) is 3.72. The molecule has 0 bridgehead atoms. The third-order valence-corrected chi connectivity index (χ3v) is 4.78. The van der Waals surface area contributed by atoms with Crippen LogP contribution in [0.2, 0.25) is 0 Å². The summed E-state index contributed by atoms with van der Waals surface area (Å²) in [6.07, 6.45) is 1.50. The third kappa shape index (κ3) is 2.60. The van der Waals surface area contributed by atoms with Crippen molar-refractivity contribution in [1.82, 2.24) is 4.98 Å². The van der Waals surface area contributed by atoms with Crippen molar-refractivity contribution in [2.24, 2.45) is 5.73 Å². The van der Waals surface area contributed by atoms with E-state index in [1.165, 1.54) is 30.4 Å². The number of halogens is 2. The number of nitrogens with zero attached hydrogens (tertiary/aromatic N) is 1. The fourth-order valence-electron chi connectivity index (χ4n) is 2.02. The molecule has 5 heteroatoms. The highest BCUT2D eigenvalue weighted by Crippen LogP contribution is 2.33. The Balaban J connectivity index is 2.46. The first-order chi connectivity index (χ1) is 9.41. The number of aryl methyl sites for hydroxylation is 1. The van der Waals surface area contributed by atoms with Crippen LogP contribution < -0.4 is 5.73 Å². The number of rotatable bonds is 4. The van der Waals surface area contributed by atoms with Crippen molar-refractivity contribution in [1.29, 1.82) is 0 Å². The average Bonchev–Trinajstić information content (AvgIpc) is 2.92. The summed E-state index contributed by atoms with van der Waals surface area (Å²) >= 11 is 1.39. The minimum Gasteiger partial charge on any atom is -0.319 e. The Morgan fingerprint density at radius 2 is 1.85 bits per heavy atom. The zero-order valence-corrected chi connectivity index (χ0v) is 12.7. The predicted molar refractivity (Wildman–Crippen MR) is 78.7 cm³/mol. The molecule has 0 unspecified atom stereocenters. The molecule has 2 rings (SSSR count). The molecule has 108 valence electrons. The molecule has 1 aromatic heterocycles. The molecule has 1 heterocycles. The van der Waals surface area contributed by atoms with Gasteiger partial charge in [-0.15, -0.1) is 11.3 Å². The van der Waals surface area contributed by atoms with Crippen molar-refractivity contribution in [3.8, 4) is 11.3 Å². The summed E-state index contributed by atoms with van der Waals surface area (Å²) in [4.78, 5) is 4.41. The van der Waals surface area contributed by atoms with E-state index in [1.807, 2.05) is 13.8 Å². The van der Waals surface area contributed by atoms with Crippen LogP contribution in [0.25, 0.3) is 11.3 Å². The molecule has 0 amide bonds. The smallest absolute Gasteiger partial charge is 0.133 e. The van der Waals surface area contributed by atoms with E-state index in [9.17, 15) is 8.78 Å². The van der Waals surface area contributed by atoms with Gasteiger partial charge in [0.25, 0.3) is 0 Å². The van der Waals surface area contributed by atoms with Crippen LogP contribution in [0, 0.1) is 18.6 Å². The second kappa shape index (κ2) is 5.58. The Morgan fingerprint density at radius 3 is 2.45 bits per heavy atom. The van der Waals surface area contributed by atoms with E-state index in [-0.39, 0.29) is 11.1 Å². The van der Waals surface area contributed by atoms with Gasteiger partial charge in [0.05, 0.1) is 11.2 Å². The maximum Gasteiger partial charge on any atom is 0.133 e. The van der Waals surface area contributed by atoms with Crippen molar-refractivity contribution in [3.05, 3.63) is 39.7 Å². The molecule has 20 heavy (non-hydrogen) atoms. The van der Waals surface area contributed by atoms with Crippen molar-refractivity contribution in [3.63, 3.8) is 0 Å². The summed E-state index contributed by atoms with van der Waals surface area (Å²) in [6, 6.07) is 2.39. The van der Waals surface area contributed by atoms with Crippen molar-refractivity contribution in [2.45, 2.75) is 39.2 Å². The maximum atomic E-state index is 14.0. The number of hydrogen-bond donors (Lipinski definition) is 1. The zero-order chi connectivity index (χ0) is 14.9. The van der Waals surface area contributed by atoms with Gasteiger partial charge < -0.3 is 5.73 Å². The minimum absolute atomic E-state index is 0.185. The lowest BCUT2D eigenvalue weighted by Gasteiger charge is -2.23. The molecule has 0 saturated carbocycles. The molecule has 0 radical (unpaired) electrons. The molecule has 0 spiro atoms. The molecule has 0 atom stereocenters. The first-order valence-corrected chi connectivity index (χ1v) is 7.50. The highest BCUT2D eigenvalue weighted by molar-refractivity contribution is 7.10. The quantitative estimate of drug-likeness (QED) is 0.910. The SMILES string of the molecule is CCC(N)(CC)c1nc(-c2cc(F)c(C)cc2F)cs1. The van der Waals surface area contributed by atoms with Crippen LogP contribution in [-0.4, -0.2) is 4.98 Å². The largest absolute Gasteiger partial charge is 0.319 e. The van der Waals surface area contributed by atoms with Gasteiger partial charge in [-0.25, -0.2) is 13.8 Å². The number of thiazole rings is 1. The summed E-state index contributed by atoms with van der Waals surface area (Å²) in [5.74, 6) is -0.891. The summed E-state index contributed by atoms with van der Waals surface area (Å²) in [5.41, 5.74) is 6.70. The molecule has 0 aliphatic heterocycles. The Morgan fingerprint density at radius 1 is 1.20 bits per heavy atom. The fraction of sp³-hybridized carbons (Fsp3) is 0.400. The normalized spacial score (nSPS) is 11.9. The van der Waals surface area contributed by atoms with Crippen LogP contribution in [-0.2, 0) is 5.54 Å². The lowest BCUT2D eigenvalue weighted by atomic mass is 9.95. The molecule has 0 aliphatic rings. The van der Waals surface area contributed by atoms with Gasteiger partial charge in [-0.3, -0.25) is 0 Å². The van der Waals surface area contributed by atoms with Crippen LogP contribution >= 0.6 is 11.3 Å². The average molecular weight is 296 g/mol. The minimum atomic E-state index is -0.497. The highest BCUT2D eigenvalue weighted by atomic mass is 32.1. The van der Waals surface area contributed by atoms with Gasteiger partial charge in [-0.1, -0.05) is 13.8 Å². The Hall–Kier alpha value is -1.33. The summed E-state index contributed by atoms with van der Waals surface area (Å²) < 4.78 is 27.6. The first-order valence-electron chi connectivity index (χ1n) is 6.62. The Bertz CT molecular complexity index is 618. The lowest BCUT2D eigenvalue weighted by Crippen LogP contribution is -2.34. The molecule has 2 aromatic rings. The van der Waals surface area contributed by atoms with E-state index < -0.39 is 17.2 Å². The van der Waals surface area contributed by atoms with Crippen LogP contribution in [0.5, 0.6) is 0 Å². The van der Waals surface area contributed by atoms with E-state index in [4.69, 9.17) is 5.73 Å². The molecular weight excluding hydrogens is 278 g/mol. The van der Waals surface area contributed by atoms with Gasteiger partial charge in [0.2, 0.25) is 0 Å². The Kier molecular flexibility index (Phi) is 4.20. The number of nitrogens with two attached hydrogens (primary N) is 1. The van der Waals surface area contributed by atoms with E-state index in [1.54, 1.807) is 5.38 Å². The van der Waals surface area contributed by atoms with Crippen LogP contribution in [0.15, 0.2) is 17.5 Å².